The summed E-state index contributed by atoms with van der Waals surface area (Å²) >= 11 is 3.36. The highest BCUT2D eigenvalue weighted by atomic mass is 79.9. The highest BCUT2D eigenvalue weighted by Gasteiger charge is 2.17. The Labute approximate surface area is 135 Å². The van der Waals surface area contributed by atoms with Crippen LogP contribution in [0.25, 0.3) is 0 Å². The zero-order chi connectivity index (χ0) is 16.1. The Morgan fingerprint density at radius 1 is 1.32 bits per heavy atom. The van der Waals surface area contributed by atoms with Gasteiger partial charge in [-0.2, -0.15) is 0 Å². The molecule has 0 radical (unpaired) electrons. The summed E-state index contributed by atoms with van der Waals surface area (Å²) in [5, 5.41) is 13.7. The molecule has 0 atom stereocenters. The van der Waals surface area contributed by atoms with Crippen molar-refractivity contribution in [1.82, 2.24) is 0 Å². The minimum Gasteiger partial charge on any atom is -0.457 e. The number of hydrogen-bond donors (Lipinski definition) is 1. The van der Waals surface area contributed by atoms with Gasteiger partial charge in [0, 0.05) is 23.2 Å². The van der Waals surface area contributed by atoms with Crippen molar-refractivity contribution in [3.63, 3.8) is 0 Å². The molecule has 0 saturated heterocycles. The van der Waals surface area contributed by atoms with Gasteiger partial charge in [0.25, 0.3) is 5.69 Å². The molecule has 2 aromatic rings. The van der Waals surface area contributed by atoms with Crippen LogP contribution < -0.4 is 5.32 Å². The number of rotatable bonds is 5. The molecule has 1 N–H and O–H groups in total. The van der Waals surface area contributed by atoms with Gasteiger partial charge in [-0.1, -0.05) is 34.1 Å². The molecule has 0 amide bonds. The van der Waals surface area contributed by atoms with Crippen LogP contribution in [0.2, 0.25) is 0 Å². The van der Waals surface area contributed by atoms with Gasteiger partial charge in [0.2, 0.25) is 0 Å². The van der Waals surface area contributed by atoms with Crippen LogP contribution in [-0.2, 0) is 11.3 Å². The lowest BCUT2D eigenvalue weighted by atomic mass is 10.1. The number of nitrogens with one attached hydrogen (secondary N) is 1. The summed E-state index contributed by atoms with van der Waals surface area (Å²) in [6.07, 6.45) is 0. The van der Waals surface area contributed by atoms with E-state index in [1.165, 1.54) is 18.2 Å². The van der Waals surface area contributed by atoms with Crippen LogP contribution in [-0.4, -0.2) is 17.9 Å². The van der Waals surface area contributed by atoms with Crippen LogP contribution in [0, 0.1) is 10.1 Å². The van der Waals surface area contributed by atoms with Crippen molar-refractivity contribution in [2.24, 2.45) is 0 Å². The first-order valence-corrected chi connectivity index (χ1v) is 7.19. The Morgan fingerprint density at radius 2 is 2.05 bits per heavy atom. The second-order valence-corrected chi connectivity index (χ2v) is 5.26. The first-order valence-electron chi connectivity index (χ1n) is 6.39. The Bertz CT molecular complexity index is 718. The average Bonchev–Trinajstić information content (AvgIpc) is 2.53. The summed E-state index contributed by atoms with van der Waals surface area (Å²) in [6.45, 7) is 0.0852. The summed E-state index contributed by atoms with van der Waals surface area (Å²) in [7, 11) is 1.58. The number of hydrogen-bond acceptors (Lipinski definition) is 5. The lowest BCUT2D eigenvalue weighted by Crippen LogP contribution is -2.07. The summed E-state index contributed by atoms with van der Waals surface area (Å²) < 4.78 is 6.02. The lowest BCUT2D eigenvalue weighted by Gasteiger charge is -2.08. The molecule has 0 aliphatic carbocycles. The van der Waals surface area contributed by atoms with Crippen LogP contribution in [0.5, 0.6) is 0 Å². The molecule has 0 aliphatic heterocycles. The molecule has 22 heavy (non-hydrogen) atoms. The molecule has 2 rings (SSSR count). The molecule has 0 bridgehead atoms. The number of halogens is 1. The first kappa shape index (κ1) is 16.0. The van der Waals surface area contributed by atoms with Crippen molar-refractivity contribution < 1.29 is 14.5 Å². The zero-order valence-corrected chi connectivity index (χ0v) is 13.3. The number of nitrogens with zero attached hydrogens (tertiary/aromatic N) is 1. The van der Waals surface area contributed by atoms with E-state index in [1.54, 1.807) is 7.05 Å². The van der Waals surface area contributed by atoms with Crippen LogP contribution in [0.1, 0.15) is 15.9 Å². The Balaban J connectivity index is 2.15. The van der Waals surface area contributed by atoms with Crippen molar-refractivity contribution in [3.05, 3.63) is 68.2 Å². The largest absolute Gasteiger partial charge is 0.457 e. The van der Waals surface area contributed by atoms with Gasteiger partial charge < -0.3 is 10.1 Å². The second kappa shape index (κ2) is 7.04. The normalized spacial score (nSPS) is 10.1. The Hall–Kier alpha value is -2.41. The van der Waals surface area contributed by atoms with Crippen LogP contribution in [0.4, 0.5) is 11.4 Å². The van der Waals surface area contributed by atoms with Crippen molar-refractivity contribution >= 4 is 33.3 Å². The van der Waals surface area contributed by atoms with Gasteiger partial charge in [0.05, 0.1) is 10.5 Å². The fourth-order valence-corrected chi connectivity index (χ4v) is 2.26. The van der Waals surface area contributed by atoms with Gasteiger partial charge >= 0.3 is 5.97 Å². The third-order valence-electron chi connectivity index (χ3n) is 3.02. The predicted octanol–water partition coefficient (Wildman–Crippen LogP) is 3.76. The highest BCUT2D eigenvalue weighted by molar-refractivity contribution is 9.10. The Morgan fingerprint density at radius 3 is 2.68 bits per heavy atom. The maximum absolute atomic E-state index is 12.0. The quantitative estimate of drug-likeness (QED) is 0.496. The second-order valence-electron chi connectivity index (χ2n) is 4.41. The molecule has 114 valence electrons. The van der Waals surface area contributed by atoms with E-state index < -0.39 is 10.9 Å². The number of carbonyl (C=O) groups is 1. The molecule has 0 unspecified atom stereocenters. The van der Waals surface area contributed by atoms with E-state index in [-0.39, 0.29) is 17.9 Å². The molecule has 0 spiro atoms. The monoisotopic (exact) mass is 364 g/mol. The number of ether oxygens (including phenoxy) is 1. The van der Waals surface area contributed by atoms with Gasteiger partial charge in [0.15, 0.2) is 0 Å². The van der Waals surface area contributed by atoms with Crippen LogP contribution in [0.3, 0.4) is 0 Å². The summed E-state index contributed by atoms with van der Waals surface area (Å²) in [5.74, 6) is -0.610. The number of anilines is 1. The molecule has 6 nitrogen and oxygen atoms in total. The van der Waals surface area contributed by atoms with Crippen molar-refractivity contribution in [3.8, 4) is 0 Å². The maximum atomic E-state index is 12.0. The summed E-state index contributed by atoms with van der Waals surface area (Å²) in [6, 6.07) is 11.5. The Kier molecular flexibility index (Phi) is 5.11. The topological polar surface area (TPSA) is 81.5 Å². The van der Waals surface area contributed by atoms with E-state index in [0.29, 0.717) is 5.69 Å². The fourth-order valence-electron chi connectivity index (χ4n) is 1.86. The number of benzene rings is 2. The van der Waals surface area contributed by atoms with E-state index in [2.05, 4.69) is 21.2 Å². The number of carbonyl (C=O) groups excluding carboxylic acids is 1. The predicted molar refractivity (Wildman–Crippen MR) is 85.9 cm³/mol. The van der Waals surface area contributed by atoms with Gasteiger partial charge in [-0.15, -0.1) is 0 Å². The minimum atomic E-state index is -0.610. The average molecular weight is 365 g/mol. The maximum Gasteiger partial charge on any atom is 0.338 e. The number of nitro benzene ring substituents is 1. The van der Waals surface area contributed by atoms with E-state index in [0.717, 1.165) is 10.0 Å². The summed E-state index contributed by atoms with van der Waals surface area (Å²) in [5.41, 5.74) is 1.13. The highest BCUT2D eigenvalue weighted by Crippen LogP contribution is 2.25. The molecule has 0 heterocycles. The molecule has 0 aliphatic rings. The van der Waals surface area contributed by atoms with E-state index in [4.69, 9.17) is 4.74 Å². The van der Waals surface area contributed by atoms with Gasteiger partial charge in [0.1, 0.15) is 12.3 Å². The van der Waals surface area contributed by atoms with Gasteiger partial charge in [-0.05, 0) is 18.2 Å². The smallest absolute Gasteiger partial charge is 0.338 e. The fraction of sp³-hybridized carbons (Fsp3) is 0.133. The molecular formula is C15H13BrN2O4. The standard InChI is InChI=1S/C15H13BrN2O4/c1-17-13-7-6-10(8-14(13)18(20)21)15(19)22-9-11-4-2-3-5-12(11)16/h2-8,17H,9H2,1H3. The van der Waals surface area contributed by atoms with Gasteiger partial charge in [-0.25, -0.2) is 4.79 Å². The number of esters is 1. The van der Waals surface area contributed by atoms with Crippen molar-refractivity contribution in [1.29, 1.82) is 0 Å². The molecular weight excluding hydrogens is 352 g/mol. The third-order valence-corrected chi connectivity index (χ3v) is 3.79. The number of nitro groups is 1. The zero-order valence-electron chi connectivity index (χ0n) is 11.7. The molecule has 0 aromatic heterocycles. The molecule has 7 heteroatoms. The van der Waals surface area contributed by atoms with Crippen molar-refractivity contribution in [2.75, 3.05) is 12.4 Å². The van der Waals surface area contributed by atoms with Crippen LogP contribution >= 0.6 is 15.9 Å². The lowest BCUT2D eigenvalue weighted by molar-refractivity contribution is -0.384. The van der Waals surface area contributed by atoms with Crippen molar-refractivity contribution in [2.45, 2.75) is 6.61 Å². The first-order chi connectivity index (χ1) is 10.5. The molecule has 0 fully saturated rings. The molecule has 2 aromatic carbocycles. The van der Waals surface area contributed by atoms with E-state index in [1.807, 2.05) is 24.3 Å². The minimum absolute atomic E-state index is 0.0852. The summed E-state index contributed by atoms with van der Waals surface area (Å²) in [4.78, 5) is 22.5. The van der Waals surface area contributed by atoms with Crippen LogP contribution in [0.15, 0.2) is 46.9 Å². The third kappa shape index (κ3) is 3.62. The van der Waals surface area contributed by atoms with E-state index >= 15 is 0 Å². The van der Waals surface area contributed by atoms with E-state index in [9.17, 15) is 14.9 Å². The van der Waals surface area contributed by atoms with Gasteiger partial charge in [-0.3, -0.25) is 10.1 Å². The molecule has 0 saturated carbocycles. The SMILES string of the molecule is CNc1ccc(C(=O)OCc2ccccc2Br)cc1[N+](=O)[O-].